The van der Waals surface area contributed by atoms with Gasteiger partial charge in [0.25, 0.3) is 5.91 Å². The topological polar surface area (TPSA) is 59.8 Å². The summed E-state index contributed by atoms with van der Waals surface area (Å²) >= 11 is 5.90. The Labute approximate surface area is 163 Å². The number of nitrogens with zero attached hydrogens (tertiary/aromatic N) is 3. The number of nitrogens with one attached hydrogen (secondary N) is 1. The normalized spacial score (nSPS) is 15.2. The number of aryl methyl sites for hydroxylation is 1. The molecule has 0 unspecified atom stereocenters. The highest BCUT2D eigenvalue weighted by Gasteiger charge is 2.19. The second kappa shape index (κ2) is 7.69. The van der Waals surface area contributed by atoms with Crippen LogP contribution in [0.4, 0.5) is 0 Å². The lowest BCUT2D eigenvalue weighted by molar-refractivity contribution is 0.0923. The summed E-state index contributed by atoms with van der Waals surface area (Å²) in [6, 6.07) is 7.89. The quantitative estimate of drug-likeness (QED) is 0.685. The maximum absolute atomic E-state index is 12.8. The van der Waals surface area contributed by atoms with E-state index in [1.807, 2.05) is 36.0 Å². The molecule has 3 heterocycles. The van der Waals surface area contributed by atoms with Crippen molar-refractivity contribution in [2.45, 2.75) is 44.6 Å². The van der Waals surface area contributed by atoms with E-state index in [2.05, 4.69) is 15.3 Å². The monoisotopic (exact) mass is 382 g/mol. The second-order valence-corrected chi connectivity index (χ2v) is 7.69. The standard InChI is InChI=1S/C21H23ClN4O/c1-26-10-9-17-20(26)15(11-14-7-8-19(22)23-13-14)12-18(25-17)21(27)24-16-5-3-2-4-6-16/h7-10,12-13,16H,2-6,11H2,1H3,(H,24,27). The summed E-state index contributed by atoms with van der Waals surface area (Å²) in [5, 5.41) is 3.64. The van der Waals surface area contributed by atoms with Crippen LogP contribution in [-0.4, -0.2) is 26.5 Å². The minimum atomic E-state index is -0.0804. The molecule has 1 fully saturated rings. The number of carbonyl (C=O) groups excluding carboxylic acids is 1. The van der Waals surface area contributed by atoms with Crippen molar-refractivity contribution >= 4 is 28.5 Å². The molecule has 5 nitrogen and oxygen atoms in total. The molecule has 1 aliphatic carbocycles. The van der Waals surface area contributed by atoms with Crippen molar-refractivity contribution in [1.29, 1.82) is 0 Å². The molecular formula is C21H23ClN4O. The zero-order valence-corrected chi connectivity index (χ0v) is 16.2. The highest BCUT2D eigenvalue weighted by molar-refractivity contribution is 6.29. The highest BCUT2D eigenvalue weighted by atomic mass is 35.5. The number of halogens is 1. The van der Waals surface area contributed by atoms with Crippen LogP contribution in [0, 0.1) is 0 Å². The first-order valence-electron chi connectivity index (χ1n) is 9.46. The molecule has 1 saturated carbocycles. The first kappa shape index (κ1) is 18.0. The number of fused-ring (bicyclic) bond motifs is 1. The third kappa shape index (κ3) is 3.98. The molecule has 0 atom stereocenters. The van der Waals surface area contributed by atoms with Crippen LogP contribution in [0.3, 0.4) is 0 Å². The minimum absolute atomic E-state index is 0.0804. The Morgan fingerprint density at radius 1 is 1.26 bits per heavy atom. The van der Waals surface area contributed by atoms with E-state index >= 15 is 0 Å². The molecule has 3 aromatic heterocycles. The molecule has 140 valence electrons. The molecule has 4 rings (SSSR count). The highest BCUT2D eigenvalue weighted by Crippen LogP contribution is 2.23. The number of hydrogen-bond donors (Lipinski definition) is 1. The molecule has 1 N–H and O–H groups in total. The van der Waals surface area contributed by atoms with Crippen LogP contribution in [0.15, 0.2) is 36.7 Å². The molecule has 0 saturated heterocycles. The first-order chi connectivity index (χ1) is 13.1. The van der Waals surface area contributed by atoms with Crippen LogP contribution in [0.25, 0.3) is 11.0 Å². The van der Waals surface area contributed by atoms with E-state index < -0.39 is 0 Å². The minimum Gasteiger partial charge on any atom is -0.349 e. The maximum Gasteiger partial charge on any atom is 0.270 e. The number of aromatic nitrogens is 3. The van der Waals surface area contributed by atoms with Crippen LogP contribution in [0.2, 0.25) is 5.15 Å². The molecule has 0 aromatic carbocycles. The fourth-order valence-corrected chi connectivity index (χ4v) is 3.99. The number of amides is 1. The molecule has 3 aromatic rings. The number of rotatable bonds is 4. The summed E-state index contributed by atoms with van der Waals surface area (Å²) in [5.74, 6) is -0.0804. The van der Waals surface area contributed by atoms with Gasteiger partial charge in [0.2, 0.25) is 0 Å². The number of hydrogen-bond acceptors (Lipinski definition) is 3. The molecule has 0 bridgehead atoms. The van der Waals surface area contributed by atoms with Crippen molar-refractivity contribution in [3.63, 3.8) is 0 Å². The van der Waals surface area contributed by atoms with Gasteiger partial charge >= 0.3 is 0 Å². The van der Waals surface area contributed by atoms with Crippen molar-refractivity contribution in [2.75, 3.05) is 0 Å². The second-order valence-electron chi connectivity index (χ2n) is 7.30. The third-order valence-corrected chi connectivity index (χ3v) is 5.49. The van der Waals surface area contributed by atoms with E-state index in [0.717, 1.165) is 35.0 Å². The van der Waals surface area contributed by atoms with Gasteiger partial charge in [-0.1, -0.05) is 36.9 Å². The first-order valence-corrected chi connectivity index (χ1v) is 9.84. The molecular weight excluding hydrogens is 360 g/mol. The Morgan fingerprint density at radius 2 is 2.07 bits per heavy atom. The van der Waals surface area contributed by atoms with Gasteiger partial charge in [0, 0.05) is 31.9 Å². The van der Waals surface area contributed by atoms with Gasteiger partial charge in [0.1, 0.15) is 10.8 Å². The van der Waals surface area contributed by atoms with Gasteiger partial charge in [0.15, 0.2) is 0 Å². The van der Waals surface area contributed by atoms with Gasteiger partial charge in [-0.2, -0.15) is 0 Å². The fraction of sp³-hybridized carbons (Fsp3) is 0.381. The van der Waals surface area contributed by atoms with Gasteiger partial charge < -0.3 is 9.88 Å². The van der Waals surface area contributed by atoms with Gasteiger partial charge in [-0.05, 0) is 42.2 Å². The average Bonchev–Trinajstić information content (AvgIpc) is 3.05. The van der Waals surface area contributed by atoms with Crippen LogP contribution in [0.1, 0.15) is 53.7 Å². The SMILES string of the molecule is Cn1ccc2nc(C(=O)NC3CCCCC3)cc(Cc3ccc(Cl)nc3)c21. The number of carbonyl (C=O) groups is 1. The Kier molecular flexibility index (Phi) is 5.12. The van der Waals surface area contributed by atoms with Gasteiger partial charge in [-0.3, -0.25) is 4.79 Å². The molecule has 1 aliphatic rings. The van der Waals surface area contributed by atoms with Crippen LogP contribution < -0.4 is 5.32 Å². The van der Waals surface area contributed by atoms with Crippen LogP contribution >= 0.6 is 11.6 Å². The van der Waals surface area contributed by atoms with E-state index in [9.17, 15) is 4.79 Å². The summed E-state index contributed by atoms with van der Waals surface area (Å²) in [7, 11) is 2.00. The van der Waals surface area contributed by atoms with E-state index in [-0.39, 0.29) is 11.9 Å². The Balaban J connectivity index is 1.65. The van der Waals surface area contributed by atoms with E-state index in [0.29, 0.717) is 17.3 Å². The number of pyridine rings is 2. The third-order valence-electron chi connectivity index (χ3n) is 5.26. The Hall–Kier alpha value is -2.40. The molecule has 6 heteroatoms. The Morgan fingerprint density at radius 3 is 2.81 bits per heavy atom. The van der Waals surface area contributed by atoms with E-state index in [1.165, 1.54) is 19.3 Å². The predicted molar refractivity (Wildman–Crippen MR) is 107 cm³/mol. The zero-order valence-electron chi connectivity index (χ0n) is 15.4. The Bertz CT molecular complexity index is 958. The molecule has 27 heavy (non-hydrogen) atoms. The summed E-state index contributed by atoms with van der Waals surface area (Å²) in [6.45, 7) is 0. The lowest BCUT2D eigenvalue weighted by atomic mass is 9.95. The van der Waals surface area contributed by atoms with Gasteiger partial charge in [0.05, 0.1) is 11.0 Å². The molecule has 0 spiro atoms. The van der Waals surface area contributed by atoms with Gasteiger partial charge in [-0.15, -0.1) is 0 Å². The van der Waals surface area contributed by atoms with E-state index in [1.54, 1.807) is 12.3 Å². The maximum atomic E-state index is 12.8. The largest absolute Gasteiger partial charge is 0.349 e. The van der Waals surface area contributed by atoms with Gasteiger partial charge in [-0.25, -0.2) is 9.97 Å². The average molecular weight is 383 g/mol. The van der Waals surface area contributed by atoms with Crippen molar-refractivity contribution < 1.29 is 4.79 Å². The zero-order chi connectivity index (χ0) is 18.8. The van der Waals surface area contributed by atoms with Crippen molar-refractivity contribution in [2.24, 2.45) is 7.05 Å². The van der Waals surface area contributed by atoms with Crippen molar-refractivity contribution in [3.05, 3.63) is 58.6 Å². The lowest BCUT2D eigenvalue weighted by Crippen LogP contribution is -2.36. The summed E-state index contributed by atoms with van der Waals surface area (Å²) in [4.78, 5) is 21.6. The van der Waals surface area contributed by atoms with Crippen LogP contribution in [-0.2, 0) is 13.5 Å². The van der Waals surface area contributed by atoms with Crippen LogP contribution in [0.5, 0.6) is 0 Å². The van der Waals surface area contributed by atoms with Crippen molar-refractivity contribution in [1.82, 2.24) is 19.9 Å². The van der Waals surface area contributed by atoms with Crippen molar-refractivity contribution in [3.8, 4) is 0 Å². The summed E-state index contributed by atoms with van der Waals surface area (Å²) < 4.78 is 2.05. The molecule has 1 amide bonds. The predicted octanol–water partition coefficient (Wildman–Crippen LogP) is 4.28. The smallest absolute Gasteiger partial charge is 0.270 e. The fourth-order valence-electron chi connectivity index (χ4n) is 3.88. The summed E-state index contributed by atoms with van der Waals surface area (Å²) in [6.07, 6.45) is 10.2. The molecule has 0 radical (unpaired) electrons. The molecule has 0 aliphatic heterocycles. The lowest BCUT2D eigenvalue weighted by Gasteiger charge is -2.22. The van der Waals surface area contributed by atoms with E-state index in [4.69, 9.17) is 11.6 Å². The summed E-state index contributed by atoms with van der Waals surface area (Å²) in [5.41, 5.74) is 4.47.